The highest BCUT2D eigenvalue weighted by molar-refractivity contribution is 5.79. The molecule has 0 radical (unpaired) electrons. The van der Waals surface area contributed by atoms with Gasteiger partial charge in [-0.2, -0.15) is 0 Å². The predicted octanol–water partition coefficient (Wildman–Crippen LogP) is 3.00. The highest BCUT2D eigenvalue weighted by atomic mass is 16.2. The lowest BCUT2D eigenvalue weighted by atomic mass is 9.84. The van der Waals surface area contributed by atoms with Crippen molar-refractivity contribution in [1.82, 2.24) is 9.80 Å². The summed E-state index contributed by atoms with van der Waals surface area (Å²) in [7, 11) is 0. The van der Waals surface area contributed by atoms with E-state index in [4.69, 9.17) is 0 Å². The predicted molar refractivity (Wildman–Crippen MR) is 83.6 cm³/mol. The molecule has 3 heteroatoms. The molecule has 0 spiro atoms. The Labute approximate surface area is 124 Å². The van der Waals surface area contributed by atoms with E-state index in [9.17, 15) is 4.79 Å². The smallest absolute Gasteiger partial charge is 0.226 e. The third-order valence-electron chi connectivity index (χ3n) is 5.49. The Morgan fingerprint density at radius 3 is 2.30 bits per heavy atom. The second-order valence-corrected chi connectivity index (χ2v) is 7.14. The van der Waals surface area contributed by atoms with Crippen molar-refractivity contribution in [1.29, 1.82) is 0 Å². The van der Waals surface area contributed by atoms with Crippen LogP contribution in [-0.2, 0) is 4.79 Å². The van der Waals surface area contributed by atoms with Gasteiger partial charge in [-0.1, -0.05) is 20.3 Å². The van der Waals surface area contributed by atoms with Gasteiger partial charge in [-0.15, -0.1) is 0 Å². The molecule has 20 heavy (non-hydrogen) atoms. The molecule has 1 amide bonds. The maximum absolute atomic E-state index is 12.7. The summed E-state index contributed by atoms with van der Waals surface area (Å²) in [4.78, 5) is 17.4. The van der Waals surface area contributed by atoms with E-state index in [0.717, 1.165) is 38.5 Å². The molecule has 2 fully saturated rings. The fourth-order valence-electron chi connectivity index (χ4n) is 3.81. The zero-order valence-corrected chi connectivity index (χ0v) is 13.8. The van der Waals surface area contributed by atoms with Gasteiger partial charge in [0.05, 0.1) is 0 Å². The minimum atomic E-state index is 0.267. The van der Waals surface area contributed by atoms with Gasteiger partial charge < -0.3 is 9.80 Å². The molecule has 2 aliphatic heterocycles. The minimum Gasteiger partial charge on any atom is -0.342 e. The molecule has 3 nitrogen and oxygen atoms in total. The summed E-state index contributed by atoms with van der Waals surface area (Å²) in [5, 5.41) is 0. The van der Waals surface area contributed by atoms with Crippen molar-refractivity contribution in [3.63, 3.8) is 0 Å². The van der Waals surface area contributed by atoms with E-state index in [1.165, 1.54) is 19.3 Å². The summed E-state index contributed by atoms with van der Waals surface area (Å²) in [5.74, 6) is 2.06. The molecule has 0 aromatic rings. The largest absolute Gasteiger partial charge is 0.342 e. The third-order valence-corrected chi connectivity index (χ3v) is 5.49. The average Bonchev–Trinajstić information content (AvgIpc) is 2.46. The number of amides is 1. The Hall–Kier alpha value is -0.570. The molecule has 2 atom stereocenters. The molecule has 2 heterocycles. The van der Waals surface area contributed by atoms with Gasteiger partial charge in [0.1, 0.15) is 0 Å². The number of hydrogen-bond donors (Lipinski definition) is 0. The average molecular weight is 280 g/mol. The molecule has 0 aromatic carbocycles. The van der Waals surface area contributed by atoms with Crippen LogP contribution in [0.5, 0.6) is 0 Å². The van der Waals surface area contributed by atoms with Crippen molar-refractivity contribution in [2.24, 2.45) is 17.8 Å². The van der Waals surface area contributed by atoms with Crippen LogP contribution in [0.3, 0.4) is 0 Å². The first-order valence-electron chi connectivity index (χ1n) is 8.55. The third kappa shape index (κ3) is 3.55. The molecule has 2 saturated heterocycles. The Morgan fingerprint density at radius 2 is 1.80 bits per heavy atom. The number of hydrogen-bond acceptors (Lipinski definition) is 2. The second-order valence-electron chi connectivity index (χ2n) is 7.14. The molecule has 2 aliphatic rings. The maximum Gasteiger partial charge on any atom is 0.226 e. The van der Waals surface area contributed by atoms with Crippen LogP contribution in [0.25, 0.3) is 0 Å². The molecular weight excluding hydrogens is 248 g/mol. The van der Waals surface area contributed by atoms with E-state index in [0.29, 0.717) is 17.9 Å². The summed E-state index contributed by atoms with van der Waals surface area (Å²) >= 11 is 0. The van der Waals surface area contributed by atoms with E-state index >= 15 is 0 Å². The van der Waals surface area contributed by atoms with Gasteiger partial charge in [-0.25, -0.2) is 0 Å². The molecule has 0 N–H and O–H groups in total. The van der Waals surface area contributed by atoms with Crippen LogP contribution in [0.15, 0.2) is 0 Å². The maximum atomic E-state index is 12.7. The molecule has 0 aromatic heterocycles. The fourth-order valence-corrected chi connectivity index (χ4v) is 3.81. The van der Waals surface area contributed by atoms with Crippen molar-refractivity contribution in [3.8, 4) is 0 Å². The molecule has 2 rings (SSSR count). The summed E-state index contributed by atoms with van der Waals surface area (Å²) < 4.78 is 0. The summed E-state index contributed by atoms with van der Waals surface area (Å²) in [6, 6.07) is 0.605. The lowest BCUT2D eigenvalue weighted by Crippen LogP contribution is -2.50. The quantitative estimate of drug-likeness (QED) is 0.793. The molecule has 0 bridgehead atoms. The van der Waals surface area contributed by atoms with Gasteiger partial charge in [0.2, 0.25) is 5.91 Å². The monoisotopic (exact) mass is 280 g/mol. The molecule has 116 valence electrons. The zero-order chi connectivity index (χ0) is 14.7. The first-order chi connectivity index (χ1) is 9.52. The van der Waals surface area contributed by atoms with Gasteiger partial charge in [-0.3, -0.25) is 4.79 Å². The van der Waals surface area contributed by atoms with Crippen LogP contribution in [0.2, 0.25) is 0 Å². The first-order valence-corrected chi connectivity index (χ1v) is 8.55. The first kappa shape index (κ1) is 15.8. The van der Waals surface area contributed by atoms with Crippen LogP contribution in [-0.4, -0.2) is 47.9 Å². The van der Waals surface area contributed by atoms with E-state index in [2.05, 4.69) is 37.5 Å². The number of carbonyl (C=O) groups excluding carboxylic acids is 1. The van der Waals surface area contributed by atoms with E-state index in [1.54, 1.807) is 0 Å². The Balaban J connectivity index is 1.87. The molecule has 0 aliphatic carbocycles. The summed E-state index contributed by atoms with van der Waals surface area (Å²) in [6.45, 7) is 13.2. The highest BCUT2D eigenvalue weighted by Crippen LogP contribution is 2.28. The van der Waals surface area contributed by atoms with Crippen LogP contribution in [0.4, 0.5) is 0 Å². The van der Waals surface area contributed by atoms with Crippen molar-refractivity contribution in [2.45, 2.75) is 59.4 Å². The normalized spacial score (nSPS) is 29.9. The zero-order valence-electron chi connectivity index (χ0n) is 13.8. The van der Waals surface area contributed by atoms with Crippen molar-refractivity contribution < 1.29 is 4.79 Å². The van der Waals surface area contributed by atoms with Crippen LogP contribution >= 0.6 is 0 Å². The molecule has 0 saturated carbocycles. The SMILES string of the molecule is CCC1CCN(C(=O)C2CCN(C(C)C)C[C@@H]2C)CC1. The second kappa shape index (κ2) is 6.93. The Bertz CT molecular complexity index is 321. The molecular formula is C17H32N2O. The fraction of sp³-hybridized carbons (Fsp3) is 0.941. The number of piperidine rings is 2. The highest BCUT2D eigenvalue weighted by Gasteiger charge is 2.35. The molecule has 1 unspecified atom stereocenters. The topological polar surface area (TPSA) is 23.6 Å². The van der Waals surface area contributed by atoms with Gasteiger partial charge in [0, 0.05) is 31.6 Å². The van der Waals surface area contributed by atoms with E-state index in [-0.39, 0.29) is 5.92 Å². The number of carbonyl (C=O) groups is 1. The Kier molecular flexibility index (Phi) is 5.48. The van der Waals surface area contributed by atoms with Gasteiger partial charge in [-0.05, 0) is 51.5 Å². The standard InChI is InChI=1S/C17H32N2O/c1-5-15-6-9-18(10-7-15)17(20)16-8-11-19(13(2)3)12-14(16)4/h13-16H,5-12H2,1-4H3/t14-,16?/m0/s1. The van der Waals surface area contributed by atoms with E-state index < -0.39 is 0 Å². The number of likely N-dealkylation sites (tertiary alicyclic amines) is 2. The van der Waals surface area contributed by atoms with Crippen molar-refractivity contribution in [3.05, 3.63) is 0 Å². The minimum absolute atomic E-state index is 0.267. The van der Waals surface area contributed by atoms with E-state index in [1.807, 2.05) is 0 Å². The number of rotatable bonds is 3. The van der Waals surface area contributed by atoms with Crippen LogP contribution in [0, 0.1) is 17.8 Å². The van der Waals surface area contributed by atoms with Crippen molar-refractivity contribution >= 4 is 5.91 Å². The van der Waals surface area contributed by atoms with Gasteiger partial charge in [0.15, 0.2) is 0 Å². The lowest BCUT2D eigenvalue weighted by Gasteiger charge is -2.41. The Morgan fingerprint density at radius 1 is 1.15 bits per heavy atom. The lowest BCUT2D eigenvalue weighted by molar-refractivity contribution is -0.140. The number of nitrogens with zero attached hydrogens (tertiary/aromatic N) is 2. The van der Waals surface area contributed by atoms with Crippen LogP contribution in [0.1, 0.15) is 53.4 Å². The summed E-state index contributed by atoms with van der Waals surface area (Å²) in [6.07, 6.45) is 4.74. The van der Waals surface area contributed by atoms with Gasteiger partial charge in [0.25, 0.3) is 0 Å². The summed E-state index contributed by atoms with van der Waals surface area (Å²) in [5.41, 5.74) is 0. The van der Waals surface area contributed by atoms with Gasteiger partial charge >= 0.3 is 0 Å². The van der Waals surface area contributed by atoms with Crippen LogP contribution < -0.4 is 0 Å². The van der Waals surface area contributed by atoms with Crippen molar-refractivity contribution in [2.75, 3.05) is 26.2 Å².